The second-order valence-corrected chi connectivity index (χ2v) is 3.18. The zero-order valence-corrected chi connectivity index (χ0v) is 8.91. The zero-order chi connectivity index (χ0) is 13.7. The average molecular weight is 247 g/mol. The van der Waals surface area contributed by atoms with Crippen LogP contribution in [0.5, 0.6) is 0 Å². The van der Waals surface area contributed by atoms with Gasteiger partial charge in [0, 0.05) is 11.6 Å². The largest absolute Gasteiger partial charge is 0.478 e. The minimum Gasteiger partial charge on any atom is -0.478 e. The molecule has 0 fully saturated rings. The molecule has 6 nitrogen and oxygen atoms in total. The highest BCUT2D eigenvalue weighted by molar-refractivity contribution is 6.24. The van der Waals surface area contributed by atoms with Gasteiger partial charge in [0.15, 0.2) is 5.78 Å². The molecule has 0 unspecified atom stereocenters. The summed E-state index contributed by atoms with van der Waals surface area (Å²) in [6.07, 6.45) is 1.57. The number of allylic oxidation sites excluding steroid dienone is 1. The Morgan fingerprint density at radius 2 is 1.61 bits per heavy atom. The predicted molar refractivity (Wildman–Crippen MR) is 59.1 cm³/mol. The Balaban J connectivity index is 3.30. The molecule has 6 heteroatoms. The van der Waals surface area contributed by atoms with Crippen LogP contribution in [0, 0.1) is 0 Å². The van der Waals surface area contributed by atoms with Gasteiger partial charge in [0.05, 0.1) is 11.1 Å². The summed E-state index contributed by atoms with van der Waals surface area (Å²) in [5.41, 5.74) is -1.31. The van der Waals surface area contributed by atoms with Crippen LogP contribution in [0.4, 0.5) is 0 Å². The summed E-state index contributed by atoms with van der Waals surface area (Å²) >= 11 is 0. The van der Waals surface area contributed by atoms with Crippen LogP contribution in [0.1, 0.15) is 20.7 Å². The predicted octanol–water partition coefficient (Wildman–Crippen LogP) is 0.688. The van der Waals surface area contributed by atoms with Crippen LogP contribution in [-0.2, 0) is 9.59 Å². The Hall–Kier alpha value is -2.76. The first kappa shape index (κ1) is 13.3. The molecular weight excluding hydrogens is 240 g/mol. The fourth-order valence-corrected chi connectivity index (χ4v) is 1.28. The lowest BCUT2D eigenvalue weighted by atomic mass is 9.99. The number of aromatic carboxylic acids is 1. The maximum atomic E-state index is 11.8. The Bertz CT molecular complexity index is 555. The van der Waals surface area contributed by atoms with E-state index in [9.17, 15) is 19.2 Å². The number of carboxylic acid groups (broad SMARTS) is 2. The maximum Gasteiger partial charge on any atom is 0.336 e. The number of ketones is 1. The van der Waals surface area contributed by atoms with E-state index in [1.165, 1.54) is 30.6 Å². The van der Waals surface area contributed by atoms with Crippen molar-refractivity contribution in [3.63, 3.8) is 0 Å². The monoisotopic (exact) mass is 247 g/mol. The first-order chi connectivity index (χ1) is 8.47. The van der Waals surface area contributed by atoms with Gasteiger partial charge in [-0.2, -0.15) is 0 Å². The minimum absolute atomic E-state index is 0.263. The van der Waals surface area contributed by atoms with Crippen LogP contribution in [0.25, 0.3) is 0 Å². The second-order valence-electron chi connectivity index (χ2n) is 3.18. The van der Waals surface area contributed by atoms with Crippen LogP contribution in [0.15, 0.2) is 35.9 Å². The molecule has 1 aromatic rings. The van der Waals surface area contributed by atoms with Crippen LogP contribution < -0.4 is 0 Å². The third-order valence-corrected chi connectivity index (χ3v) is 2.02. The number of aliphatic carboxylic acids is 1. The van der Waals surface area contributed by atoms with Crippen molar-refractivity contribution in [2.75, 3.05) is 0 Å². The summed E-state index contributed by atoms with van der Waals surface area (Å²) in [4.78, 5) is 43.6. The third kappa shape index (κ3) is 2.88. The fraction of sp³-hybridized carbons (Fsp3) is 0. The van der Waals surface area contributed by atoms with Gasteiger partial charge in [-0.05, 0) is 6.07 Å². The van der Waals surface area contributed by atoms with Crippen molar-refractivity contribution in [1.82, 2.24) is 0 Å². The number of benzene rings is 1. The summed E-state index contributed by atoms with van der Waals surface area (Å²) < 4.78 is 0. The molecule has 1 aromatic carbocycles. The lowest BCUT2D eigenvalue weighted by molar-refractivity contribution is -0.131. The molecule has 0 aliphatic carbocycles. The molecule has 0 heterocycles. The van der Waals surface area contributed by atoms with Crippen molar-refractivity contribution in [2.24, 2.45) is 0 Å². The lowest BCUT2D eigenvalue weighted by Crippen LogP contribution is -2.12. The maximum absolute atomic E-state index is 11.8. The van der Waals surface area contributed by atoms with Gasteiger partial charge in [-0.3, -0.25) is 9.59 Å². The third-order valence-electron chi connectivity index (χ3n) is 2.02. The number of carbonyl (C=O) groups is 3. The summed E-state index contributed by atoms with van der Waals surface area (Å²) in [5, 5.41) is 17.3. The molecule has 1 radical (unpaired) electrons. The van der Waals surface area contributed by atoms with Crippen LogP contribution >= 0.6 is 0 Å². The van der Waals surface area contributed by atoms with Crippen molar-refractivity contribution in [3.8, 4) is 0 Å². The molecule has 2 N–H and O–H groups in total. The van der Waals surface area contributed by atoms with E-state index in [1.807, 2.05) is 0 Å². The van der Waals surface area contributed by atoms with Crippen LogP contribution in [-0.4, -0.2) is 34.2 Å². The molecule has 0 aromatic heterocycles. The summed E-state index contributed by atoms with van der Waals surface area (Å²) in [6.45, 7) is 0. The van der Waals surface area contributed by atoms with E-state index in [4.69, 9.17) is 10.2 Å². The Labute approximate surface area is 101 Å². The number of hydrogen-bond acceptors (Lipinski definition) is 4. The lowest BCUT2D eigenvalue weighted by Gasteiger charge is -2.03. The van der Waals surface area contributed by atoms with Gasteiger partial charge in [0.1, 0.15) is 0 Å². The van der Waals surface area contributed by atoms with Gasteiger partial charge in [-0.1, -0.05) is 18.2 Å². The standard InChI is InChI=1S/C12H7O6/c13-6-7(5-10(14)15)11(16)8-3-1-2-4-9(8)12(17)18/h1-5H,(H,14,15)(H,17,18). The second kappa shape index (κ2) is 5.53. The summed E-state index contributed by atoms with van der Waals surface area (Å²) in [5.74, 6) is -3.83. The molecular formula is C12H7O6. The van der Waals surface area contributed by atoms with E-state index in [0.717, 1.165) is 0 Å². The fourth-order valence-electron chi connectivity index (χ4n) is 1.28. The first-order valence-electron chi connectivity index (χ1n) is 4.67. The number of rotatable bonds is 5. The van der Waals surface area contributed by atoms with Crippen LogP contribution in [0.3, 0.4) is 0 Å². The molecule has 0 aliphatic rings. The molecule has 0 bridgehead atoms. The van der Waals surface area contributed by atoms with E-state index >= 15 is 0 Å². The Morgan fingerprint density at radius 1 is 1.06 bits per heavy atom. The molecule has 0 atom stereocenters. The zero-order valence-electron chi connectivity index (χ0n) is 8.91. The van der Waals surface area contributed by atoms with Crippen molar-refractivity contribution in [1.29, 1.82) is 0 Å². The van der Waals surface area contributed by atoms with Gasteiger partial charge in [-0.25, -0.2) is 9.59 Å². The van der Waals surface area contributed by atoms with Crippen molar-refractivity contribution < 1.29 is 29.4 Å². The Morgan fingerprint density at radius 3 is 2.06 bits per heavy atom. The highest BCUT2D eigenvalue weighted by atomic mass is 16.4. The quantitative estimate of drug-likeness (QED) is 0.343. The van der Waals surface area contributed by atoms with Crippen molar-refractivity contribution in [2.45, 2.75) is 0 Å². The highest BCUT2D eigenvalue weighted by Gasteiger charge is 2.20. The van der Waals surface area contributed by atoms with Gasteiger partial charge >= 0.3 is 11.9 Å². The molecule has 18 heavy (non-hydrogen) atoms. The highest BCUT2D eigenvalue weighted by Crippen LogP contribution is 2.13. The number of Topliss-reactive ketones (excluding diaryl/α,β-unsaturated/α-hetero) is 1. The molecule has 0 spiro atoms. The molecule has 0 aliphatic heterocycles. The summed E-state index contributed by atoms with van der Waals surface area (Å²) in [7, 11) is 0. The van der Waals surface area contributed by atoms with Crippen LogP contribution in [0.2, 0.25) is 0 Å². The van der Waals surface area contributed by atoms with E-state index < -0.39 is 23.3 Å². The summed E-state index contributed by atoms with van der Waals surface area (Å²) in [6, 6.07) is 5.19. The SMILES string of the molecule is O=[C]C(=CC(=O)O)C(=O)c1ccccc1C(=O)O. The van der Waals surface area contributed by atoms with Gasteiger partial charge in [0.25, 0.3) is 0 Å². The molecule has 1 rings (SSSR count). The van der Waals surface area contributed by atoms with E-state index in [-0.39, 0.29) is 11.1 Å². The van der Waals surface area contributed by atoms with E-state index in [0.29, 0.717) is 6.08 Å². The topological polar surface area (TPSA) is 109 Å². The first-order valence-corrected chi connectivity index (χ1v) is 4.67. The Kier molecular flexibility index (Phi) is 4.09. The van der Waals surface area contributed by atoms with Crippen molar-refractivity contribution in [3.05, 3.63) is 47.0 Å². The van der Waals surface area contributed by atoms with E-state index in [2.05, 4.69) is 0 Å². The van der Waals surface area contributed by atoms with Gasteiger partial charge in [0.2, 0.25) is 6.29 Å². The smallest absolute Gasteiger partial charge is 0.336 e. The average Bonchev–Trinajstić information content (AvgIpc) is 2.34. The van der Waals surface area contributed by atoms with Crippen molar-refractivity contribution >= 4 is 24.0 Å². The molecule has 0 saturated heterocycles. The number of carboxylic acids is 2. The normalized spacial score (nSPS) is 10.8. The number of hydrogen-bond donors (Lipinski definition) is 2. The van der Waals surface area contributed by atoms with Gasteiger partial charge in [-0.15, -0.1) is 0 Å². The minimum atomic E-state index is -1.49. The number of carbonyl (C=O) groups excluding carboxylic acids is 2. The van der Waals surface area contributed by atoms with Gasteiger partial charge < -0.3 is 10.2 Å². The molecule has 0 saturated carbocycles. The molecule has 0 amide bonds. The van der Waals surface area contributed by atoms with E-state index in [1.54, 1.807) is 0 Å². The molecule has 91 valence electrons.